The molecule has 0 aliphatic carbocycles. The maximum Gasteiger partial charge on any atom is 0.338 e. The summed E-state index contributed by atoms with van der Waals surface area (Å²) in [4.78, 5) is 32.1. The number of ether oxygens (including phenoxy) is 3. The van der Waals surface area contributed by atoms with Gasteiger partial charge in [-0.1, -0.05) is 45.5 Å². The van der Waals surface area contributed by atoms with E-state index >= 15 is 0 Å². The molecule has 4 rings (SSSR count). The second-order valence-electron chi connectivity index (χ2n) is 8.39. The normalized spacial score (nSPS) is 15.5. The van der Waals surface area contributed by atoms with Crippen LogP contribution in [-0.2, 0) is 9.53 Å². The monoisotopic (exact) mass is 570 g/mol. The Hall–Kier alpha value is -3.17. The van der Waals surface area contributed by atoms with Crippen molar-refractivity contribution >= 4 is 39.3 Å². The van der Waals surface area contributed by atoms with E-state index < -0.39 is 12.0 Å². The van der Waals surface area contributed by atoms with Gasteiger partial charge in [0.15, 0.2) is 4.80 Å². The van der Waals surface area contributed by atoms with E-state index in [0.29, 0.717) is 37.7 Å². The van der Waals surface area contributed by atoms with E-state index in [1.165, 1.54) is 11.3 Å². The Labute approximate surface area is 221 Å². The van der Waals surface area contributed by atoms with E-state index in [-0.39, 0.29) is 18.3 Å². The van der Waals surface area contributed by atoms with E-state index in [9.17, 15) is 9.59 Å². The molecule has 0 amide bonds. The Bertz CT molecular complexity index is 1520. The molecule has 0 fully saturated rings. The highest BCUT2D eigenvalue weighted by Gasteiger charge is 2.35. The molecule has 0 unspecified atom stereocenters. The van der Waals surface area contributed by atoms with Gasteiger partial charge in [-0.3, -0.25) is 9.36 Å². The lowest BCUT2D eigenvalue weighted by molar-refractivity contribution is -0.139. The molecule has 1 atom stereocenters. The number of rotatable bonds is 7. The summed E-state index contributed by atoms with van der Waals surface area (Å²) in [6.45, 7) is 7.58. The molecule has 1 aliphatic rings. The Morgan fingerprint density at radius 1 is 1.22 bits per heavy atom. The number of allylic oxidation sites excluding steroid dienone is 1. The van der Waals surface area contributed by atoms with Crippen molar-refractivity contribution in [3.8, 4) is 11.5 Å². The van der Waals surface area contributed by atoms with Crippen LogP contribution in [0.3, 0.4) is 0 Å². The summed E-state index contributed by atoms with van der Waals surface area (Å²) >= 11 is 4.74. The molecule has 36 heavy (non-hydrogen) atoms. The summed E-state index contributed by atoms with van der Waals surface area (Å²) in [6.07, 6.45) is 1.69. The molecule has 0 saturated carbocycles. The van der Waals surface area contributed by atoms with Gasteiger partial charge in [-0.25, -0.2) is 9.79 Å². The van der Waals surface area contributed by atoms with Crippen molar-refractivity contribution in [3.05, 3.63) is 89.0 Å². The number of para-hydroxylation sites is 1. The van der Waals surface area contributed by atoms with Crippen molar-refractivity contribution in [1.29, 1.82) is 0 Å². The lowest BCUT2D eigenvalue weighted by atomic mass is 9.95. The number of nitrogens with zero attached hydrogens (tertiary/aromatic N) is 2. The average molecular weight is 571 g/mol. The zero-order chi connectivity index (χ0) is 26.0. The summed E-state index contributed by atoms with van der Waals surface area (Å²) in [5.74, 6) is 0.725. The number of fused-ring (bicyclic) bond motifs is 1. The Kier molecular flexibility index (Phi) is 7.80. The second-order valence-corrected chi connectivity index (χ2v) is 10.3. The van der Waals surface area contributed by atoms with Gasteiger partial charge >= 0.3 is 5.97 Å². The van der Waals surface area contributed by atoms with Crippen molar-refractivity contribution in [2.75, 3.05) is 13.7 Å². The number of aromatic nitrogens is 1. The molecule has 3 aromatic rings. The third-order valence-electron chi connectivity index (χ3n) is 5.57. The van der Waals surface area contributed by atoms with E-state index in [2.05, 4.69) is 20.9 Å². The molecule has 0 radical (unpaired) electrons. The van der Waals surface area contributed by atoms with E-state index in [0.717, 1.165) is 10.0 Å². The molecule has 1 aliphatic heterocycles. The summed E-state index contributed by atoms with van der Waals surface area (Å²) in [5, 5.41) is 0. The topological polar surface area (TPSA) is 79.1 Å². The fourth-order valence-corrected chi connectivity index (χ4v) is 5.53. The lowest BCUT2D eigenvalue weighted by Gasteiger charge is -2.26. The van der Waals surface area contributed by atoms with Crippen LogP contribution in [0.2, 0.25) is 0 Å². The van der Waals surface area contributed by atoms with Crippen LogP contribution in [0.1, 0.15) is 44.9 Å². The van der Waals surface area contributed by atoms with Crippen LogP contribution in [-0.4, -0.2) is 30.4 Å². The van der Waals surface area contributed by atoms with Crippen molar-refractivity contribution in [2.45, 2.75) is 39.8 Å². The first-order valence-electron chi connectivity index (χ1n) is 11.5. The average Bonchev–Trinajstić information content (AvgIpc) is 3.13. The Morgan fingerprint density at radius 2 is 1.97 bits per heavy atom. The highest BCUT2D eigenvalue weighted by molar-refractivity contribution is 9.10. The number of hydrogen-bond acceptors (Lipinski definition) is 7. The largest absolute Gasteiger partial charge is 0.496 e. The Balaban J connectivity index is 2.00. The molecule has 188 valence electrons. The van der Waals surface area contributed by atoms with Gasteiger partial charge in [-0.15, -0.1) is 0 Å². The van der Waals surface area contributed by atoms with Crippen molar-refractivity contribution in [3.63, 3.8) is 0 Å². The molecule has 0 spiro atoms. The van der Waals surface area contributed by atoms with Gasteiger partial charge in [0.1, 0.15) is 17.5 Å². The number of carbonyl (C=O) groups is 1. The van der Waals surface area contributed by atoms with Crippen LogP contribution in [0.5, 0.6) is 11.5 Å². The van der Waals surface area contributed by atoms with Crippen LogP contribution in [0, 0.1) is 0 Å². The highest BCUT2D eigenvalue weighted by atomic mass is 79.9. The zero-order valence-electron chi connectivity index (χ0n) is 20.7. The van der Waals surface area contributed by atoms with E-state index in [1.54, 1.807) is 31.6 Å². The summed E-state index contributed by atoms with van der Waals surface area (Å²) < 4.78 is 19.8. The van der Waals surface area contributed by atoms with Crippen molar-refractivity contribution in [2.24, 2.45) is 4.99 Å². The van der Waals surface area contributed by atoms with E-state index in [1.807, 2.05) is 56.3 Å². The first kappa shape index (κ1) is 25.9. The fraction of sp³-hybridized carbons (Fsp3) is 0.296. The van der Waals surface area contributed by atoms with Crippen LogP contribution >= 0.6 is 27.3 Å². The SMILES string of the molecule is CCOC(=O)C1=C(C)N=c2s/c(=C\c3cc(Br)ccc3OC)c(=O)n2[C@H]1c1ccccc1OC(C)C. The second kappa shape index (κ2) is 10.8. The standard InChI is InChI=1S/C27H27BrN2O5S/c1-6-34-26(32)23-16(4)29-27-30(24(23)19-9-7-8-10-21(19)35-15(2)3)25(31)22(36-27)14-17-13-18(28)11-12-20(17)33-5/h7-15,24H,6H2,1-5H3/b22-14-/t24-/m0/s1. The molecule has 2 aromatic carbocycles. The number of hydrogen-bond donors (Lipinski definition) is 0. The lowest BCUT2D eigenvalue weighted by Crippen LogP contribution is -2.40. The number of carbonyl (C=O) groups excluding carboxylic acids is 1. The molecule has 1 aromatic heterocycles. The van der Waals surface area contributed by atoms with Crippen LogP contribution < -0.4 is 24.4 Å². The minimum atomic E-state index is -0.748. The van der Waals surface area contributed by atoms with Gasteiger partial charge < -0.3 is 14.2 Å². The smallest absolute Gasteiger partial charge is 0.338 e. The first-order chi connectivity index (χ1) is 17.2. The molecular weight excluding hydrogens is 544 g/mol. The Morgan fingerprint density at radius 3 is 2.67 bits per heavy atom. The molecule has 0 N–H and O–H groups in total. The van der Waals surface area contributed by atoms with Gasteiger partial charge in [-0.2, -0.15) is 0 Å². The zero-order valence-corrected chi connectivity index (χ0v) is 23.1. The van der Waals surface area contributed by atoms with E-state index in [4.69, 9.17) is 14.2 Å². The van der Waals surface area contributed by atoms with Crippen LogP contribution in [0.25, 0.3) is 6.08 Å². The number of methoxy groups -OCH3 is 1. The minimum Gasteiger partial charge on any atom is -0.496 e. The van der Waals surface area contributed by atoms with Gasteiger partial charge in [0.05, 0.1) is 35.6 Å². The van der Waals surface area contributed by atoms with Gasteiger partial charge in [0.25, 0.3) is 5.56 Å². The van der Waals surface area contributed by atoms with Gasteiger partial charge in [-0.05, 0) is 58.0 Å². The fourth-order valence-electron chi connectivity index (χ4n) is 4.11. The highest BCUT2D eigenvalue weighted by Crippen LogP contribution is 2.36. The molecule has 7 nitrogen and oxygen atoms in total. The molecule has 0 bridgehead atoms. The number of esters is 1. The van der Waals surface area contributed by atoms with Crippen molar-refractivity contribution in [1.82, 2.24) is 4.57 Å². The first-order valence-corrected chi connectivity index (χ1v) is 13.1. The summed E-state index contributed by atoms with van der Waals surface area (Å²) in [7, 11) is 1.59. The van der Waals surface area contributed by atoms with Gasteiger partial charge in [0, 0.05) is 15.6 Å². The predicted octanol–water partition coefficient (Wildman–Crippen LogP) is 4.36. The minimum absolute atomic E-state index is 0.0953. The number of halogens is 1. The van der Waals surface area contributed by atoms with Crippen molar-refractivity contribution < 1.29 is 19.0 Å². The molecule has 0 saturated heterocycles. The maximum absolute atomic E-state index is 13.9. The maximum atomic E-state index is 13.9. The number of benzene rings is 2. The number of thiazole rings is 1. The third-order valence-corrected chi connectivity index (χ3v) is 7.05. The molecular formula is C27H27BrN2O5S. The third kappa shape index (κ3) is 5.03. The quantitative estimate of drug-likeness (QED) is 0.394. The van der Waals surface area contributed by atoms with Crippen LogP contribution in [0.4, 0.5) is 0 Å². The predicted molar refractivity (Wildman–Crippen MR) is 143 cm³/mol. The molecule has 9 heteroatoms. The van der Waals surface area contributed by atoms with Crippen LogP contribution in [0.15, 0.2) is 68.0 Å². The van der Waals surface area contributed by atoms with Gasteiger partial charge in [0.2, 0.25) is 0 Å². The summed E-state index contributed by atoms with van der Waals surface area (Å²) in [6, 6.07) is 12.3. The summed E-state index contributed by atoms with van der Waals surface area (Å²) in [5.41, 5.74) is 2.00. The molecule has 2 heterocycles.